The molecule has 28 heavy (non-hydrogen) atoms. The Morgan fingerprint density at radius 2 is 1.79 bits per heavy atom. The Kier molecular flexibility index (Phi) is 5.22. The molecule has 6 nitrogen and oxygen atoms in total. The van der Waals surface area contributed by atoms with E-state index in [1.807, 2.05) is 6.07 Å². The normalized spacial score (nSPS) is 11.4. The smallest absolute Gasteiger partial charge is 0.290 e. The number of benzene rings is 2. The van der Waals surface area contributed by atoms with Crippen LogP contribution >= 0.6 is 0 Å². The van der Waals surface area contributed by atoms with E-state index in [0.717, 1.165) is 12.1 Å². The number of aromatic nitrogens is 2. The van der Waals surface area contributed by atoms with Gasteiger partial charge in [-0.25, -0.2) is 10.4 Å². The standard InChI is InChI=1S/C19H12F3N5O/c20-19(21,22)14-8-6-12(7-9-14)11-24-27-18-25-16(13-4-2-1-3-5-13)15(10-23)17(28)26-18/h1-9,11H,(H2,25,26,27,28). The second-order valence-corrected chi connectivity index (χ2v) is 5.61. The zero-order valence-corrected chi connectivity index (χ0v) is 14.2. The van der Waals surface area contributed by atoms with E-state index in [1.54, 1.807) is 30.3 Å². The Morgan fingerprint density at radius 3 is 2.39 bits per heavy atom. The molecule has 0 aliphatic carbocycles. The summed E-state index contributed by atoms with van der Waals surface area (Å²) < 4.78 is 37.7. The maximum atomic E-state index is 12.6. The molecule has 0 bridgehead atoms. The van der Waals surface area contributed by atoms with Gasteiger partial charge in [0.2, 0.25) is 5.95 Å². The number of hydrogen-bond donors (Lipinski definition) is 2. The first-order chi connectivity index (χ1) is 13.4. The van der Waals surface area contributed by atoms with Crippen molar-refractivity contribution in [3.63, 3.8) is 0 Å². The highest BCUT2D eigenvalue weighted by Crippen LogP contribution is 2.28. The number of nitriles is 1. The van der Waals surface area contributed by atoms with E-state index >= 15 is 0 Å². The summed E-state index contributed by atoms with van der Waals surface area (Å²) in [6.07, 6.45) is -3.13. The lowest BCUT2D eigenvalue weighted by Gasteiger charge is -2.06. The van der Waals surface area contributed by atoms with Crippen LogP contribution in [0.3, 0.4) is 0 Å². The lowest BCUT2D eigenvalue weighted by atomic mass is 10.1. The molecule has 0 aliphatic rings. The minimum atomic E-state index is -4.41. The SMILES string of the molecule is N#Cc1c(-c2ccccc2)nc(NN=Cc2ccc(C(F)(F)F)cc2)[nH]c1=O. The monoisotopic (exact) mass is 383 g/mol. The van der Waals surface area contributed by atoms with Crippen LogP contribution in [-0.2, 0) is 6.18 Å². The summed E-state index contributed by atoms with van der Waals surface area (Å²) in [7, 11) is 0. The minimum Gasteiger partial charge on any atom is -0.290 e. The third-order valence-corrected chi connectivity index (χ3v) is 3.70. The molecule has 2 aromatic carbocycles. The van der Waals surface area contributed by atoms with E-state index in [-0.39, 0.29) is 17.2 Å². The number of nitrogens with one attached hydrogen (secondary N) is 2. The maximum absolute atomic E-state index is 12.6. The average molecular weight is 383 g/mol. The van der Waals surface area contributed by atoms with Gasteiger partial charge in [0.15, 0.2) is 0 Å². The number of aromatic amines is 1. The molecular formula is C19H12F3N5O. The number of anilines is 1. The summed E-state index contributed by atoms with van der Waals surface area (Å²) in [5.41, 5.74) is 2.17. The van der Waals surface area contributed by atoms with Crippen LogP contribution in [0.2, 0.25) is 0 Å². The molecule has 0 spiro atoms. The first-order valence-corrected chi connectivity index (χ1v) is 7.94. The molecule has 3 rings (SSSR count). The number of hydrogen-bond acceptors (Lipinski definition) is 5. The second-order valence-electron chi connectivity index (χ2n) is 5.61. The molecule has 140 valence electrons. The highest BCUT2D eigenvalue weighted by molar-refractivity contribution is 5.80. The van der Waals surface area contributed by atoms with Gasteiger partial charge in [-0.05, 0) is 17.7 Å². The van der Waals surface area contributed by atoms with Crippen LogP contribution in [0, 0.1) is 11.3 Å². The zero-order valence-electron chi connectivity index (χ0n) is 14.2. The summed E-state index contributed by atoms with van der Waals surface area (Å²) in [5, 5.41) is 13.1. The average Bonchev–Trinajstić information content (AvgIpc) is 2.68. The van der Waals surface area contributed by atoms with Crippen molar-refractivity contribution in [3.05, 3.63) is 81.6 Å². The van der Waals surface area contributed by atoms with Gasteiger partial charge >= 0.3 is 6.18 Å². The number of H-pyrrole nitrogens is 1. The van der Waals surface area contributed by atoms with E-state index in [4.69, 9.17) is 0 Å². The first kappa shape index (κ1) is 18.8. The summed E-state index contributed by atoms with van der Waals surface area (Å²) >= 11 is 0. The summed E-state index contributed by atoms with van der Waals surface area (Å²) in [4.78, 5) is 18.7. The van der Waals surface area contributed by atoms with Crippen molar-refractivity contribution in [1.82, 2.24) is 9.97 Å². The molecule has 2 N–H and O–H groups in total. The molecule has 0 amide bonds. The molecule has 0 aliphatic heterocycles. The van der Waals surface area contributed by atoms with Crippen molar-refractivity contribution in [2.75, 3.05) is 5.43 Å². The van der Waals surface area contributed by atoms with Gasteiger partial charge in [-0.3, -0.25) is 9.78 Å². The Hall–Kier alpha value is -3.93. The van der Waals surface area contributed by atoms with Gasteiger partial charge in [-0.1, -0.05) is 42.5 Å². The van der Waals surface area contributed by atoms with E-state index < -0.39 is 17.3 Å². The Bertz CT molecular complexity index is 1100. The van der Waals surface area contributed by atoms with Crippen LogP contribution in [0.15, 0.2) is 64.5 Å². The van der Waals surface area contributed by atoms with Gasteiger partial charge in [0.1, 0.15) is 11.6 Å². The van der Waals surface area contributed by atoms with Crippen LogP contribution in [0.1, 0.15) is 16.7 Å². The molecule has 9 heteroatoms. The van der Waals surface area contributed by atoms with E-state index in [0.29, 0.717) is 11.1 Å². The molecule has 0 fully saturated rings. The molecule has 0 radical (unpaired) electrons. The van der Waals surface area contributed by atoms with Gasteiger partial charge in [-0.2, -0.15) is 23.5 Å². The quantitative estimate of drug-likeness (QED) is 0.530. The Labute approximate surface area is 157 Å². The maximum Gasteiger partial charge on any atom is 0.416 e. The van der Waals surface area contributed by atoms with E-state index in [1.165, 1.54) is 18.3 Å². The van der Waals surface area contributed by atoms with Crippen molar-refractivity contribution in [2.24, 2.45) is 5.10 Å². The third kappa shape index (κ3) is 4.24. The van der Waals surface area contributed by atoms with Crippen molar-refractivity contribution in [3.8, 4) is 17.3 Å². The molecule has 3 aromatic rings. The molecule has 0 atom stereocenters. The lowest BCUT2D eigenvalue weighted by Crippen LogP contribution is -2.16. The van der Waals surface area contributed by atoms with Gasteiger partial charge < -0.3 is 0 Å². The Balaban J connectivity index is 1.83. The highest BCUT2D eigenvalue weighted by atomic mass is 19.4. The molecular weight excluding hydrogens is 371 g/mol. The van der Waals surface area contributed by atoms with Crippen molar-refractivity contribution >= 4 is 12.2 Å². The molecule has 0 unspecified atom stereocenters. The summed E-state index contributed by atoms with van der Waals surface area (Å²) in [5.74, 6) is -0.00832. The second kappa shape index (κ2) is 7.75. The largest absolute Gasteiger partial charge is 0.416 e. The minimum absolute atomic E-state index is 0.00832. The van der Waals surface area contributed by atoms with Crippen molar-refractivity contribution < 1.29 is 13.2 Å². The molecule has 0 saturated heterocycles. The van der Waals surface area contributed by atoms with Crippen molar-refractivity contribution in [1.29, 1.82) is 5.26 Å². The molecule has 1 heterocycles. The van der Waals surface area contributed by atoms with Crippen LogP contribution in [0.4, 0.5) is 19.1 Å². The van der Waals surface area contributed by atoms with Gasteiger partial charge in [-0.15, -0.1) is 0 Å². The topological polar surface area (TPSA) is 93.9 Å². The molecule has 0 saturated carbocycles. The van der Waals surface area contributed by atoms with Gasteiger partial charge in [0.05, 0.1) is 17.5 Å². The fourth-order valence-electron chi connectivity index (χ4n) is 2.36. The lowest BCUT2D eigenvalue weighted by molar-refractivity contribution is -0.137. The number of halogens is 3. The highest BCUT2D eigenvalue weighted by Gasteiger charge is 2.29. The number of nitrogens with zero attached hydrogens (tertiary/aromatic N) is 3. The Morgan fingerprint density at radius 1 is 1.11 bits per heavy atom. The van der Waals surface area contributed by atoms with Gasteiger partial charge in [0.25, 0.3) is 5.56 Å². The predicted molar refractivity (Wildman–Crippen MR) is 97.7 cm³/mol. The number of alkyl halides is 3. The number of rotatable bonds is 4. The van der Waals surface area contributed by atoms with Gasteiger partial charge in [0, 0.05) is 5.56 Å². The summed E-state index contributed by atoms with van der Waals surface area (Å²) in [6, 6.07) is 14.9. The number of hydrazone groups is 1. The van der Waals surface area contributed by atoms with Crippen LogP contribution < -0.4 is 11.0 Å². The third-order valence-electron chi connectivity index (χ3n) is 3.70. The van der Waals surface area contributed by atoms with Crippen LogP contribution in [0.5, 0.6) is 0 Å². The first-order valence-electron chi connectivity index (χ1n) is 7.94. The molecule has 1 aromatic heterocycles. The van der Waals surface area contributed by atoms with Crippen LogP contribution in [0.25, 0.3) is 11.3 Å². The fraction of sp³-hybridized carbons (Fsp3) is 0.0526. The summed E-state index contributed by atoms with van der Waals surface area (Å²) in [6.45, 7) is 0. The van der Waals surface area contributed by atoms with E-state index in [2.05, 4.69) is 20.5 Å². The van der Waals surface area contributed by atoms with Crippen molar-refractivity contribution in [2.45, 2.75) is 6.18 Å². The van der Waals surface area contributed by atoms with E-state index in [9.17, 15) is 23.2 Å². The fourth-order valence-corrected chi connectivity index (χ4v) is 2.36. The van der Waals surface area contributed by atoms with Crippen LogP contribution in [-0.4, -0.2) is 16.2 Å². The predicted octanol–water partition coefficient (Wildman–Crippen LogP) is 3.77. The zero-order chi connectivity index (χ0) is 20.1.